The fourth-order valence-electron chi connectivity index (χ4n) is 2.21. The second-order valence-electron chi connectivity index (χ2n) is 5.20. The molecule has 0 saturated carbocycles. The molecule has 0 saturated heterocycles. The molecule has 108 valence electrons. The SMILES string of the molecule is CCCn1cncc1COc1cc(C)ccc1[C@H](C)N. The molecule has 4 heteroatoms. The minimum absolute atomic E-state index is 0.0360. The molecule has 0 unspecified atom stereocenters. The largest absolute Gasteiger partial charge is 0.487 e. The van der Waals surface area contributed by atoms with Crippen molar-refractivity contribution in [2.24, 2.45) is 5.73 Å². The highest BCUT2D eigenvalue weighted by Gasteiger charge is 2.10. The molecule has 0 spiro atoms. The van der Waals surface area contributed by atoms with Crippen molar-refractivity contribution < 1.29 is 4.74 Å². The van der Waals surface area contributed by atoms with E-state index >= 15 is 0 Å². The van der Waals surface area contributed by atoms with Crippen LogP contribution in [-0.2, 0) is 13.2 Å². The summed E-state index contributed by atoms with van der Waals surface area (Å²) < 4.78 is 8.10. The van der Waals surface area contributed by atoms with E-state index in [-0.39, 0.29) is 6.04 Å². The summed E-state index contributed by atoms with van der Waals surface area (Å²) in [6.07, 6.45) is 4.79. The van der Waals surface area contributed by atoms with E-state index in [4.69, 9.17) is 10.5 Å². The number of nitrogens with zero attached hydrogens (tertiary/aromatic N) is 2. The van der Waals surface area contributed by atoms with E-state index in [1.165, 1.54) is 5.56 Å². The molecule has 0 bridgehead atoms. The van der Waals surface area contributed by atoms with Crippen molar-refractivity contribution in [1.82, 2.24) is 9.55 Å². The maximum atomic E-state index is 5.99. The summed E-state index contributed by atoms with van der Waals surface area (Å²) in [7, 11) is 0. The van der Waals surface area contributed by atoms with Gasteiger partial charge < -0.3 is 15.0 Å². The monoisotopic (exact) mass is 273 g/mol. The molecular formula is C16H23N3O. The molecular weight excluding hydrogens is 250 g/mol. The number of hydrogen-bond donors (Lipinski definition) is 1. The summed E-state index contributed by atoms with van der Waals surface area (Å²) in [5.74, 6) is 0.865. The predicted molar refractivity (Wildman–Crippen MR) is 80.6 cm³/mol. The third-order valence-corrected chi connectivity index (χ3v) is 3.30. The van der Waals surface area contributed by atoms with Gasteiger partial charge in [-0.1, -0.05) is 19.1 Å². The average molecular weight is 273 g/mol. The van der Waals surface area contributed by atoms with Crippen LogP contribution in [0.2, 0.25) is 0 Å². The lowest BCUT2D eigenvalue weighted by atomic mass is 10.1. The normalized spacial score (nSPS) is 12.4. The number of nitrogens with two attached hydrogens (primary N) is 1. The van der Waals surface area contributed by atoms with Crippen molar-refractivity contribution in [1.29, 1.82) is 0 Å². The van der Waals surface area contributed by atoms with Crippen LogP contribution in [0.5, 0.6) is 5.75 Å². The Balaban J connectivity index is 2.14. The highest BCUT2D eigenvalue weighted by molar-refractivity contribution is 5.39. The van der Waals surface area contributed by atoms with Crippen LogP contribution in [0.3, 0.4) is 0 Å². The highest BCUT2D eigenvalue weighted by Crippen LogP contribution is 2.26. The Morgan fingerprint density at radius 2 is 2.20 bits per heavy atom. The van der Waals surface area contributed by atoms with E-state index in [9.17, 15) is 0 Å². The van der Waals surface area contributed by atoms with Crippen molar-refractivity contribution in [2.45, 2.75) is 46.4 Å². The summed E-state index contributed by atoms with van der Waals surface area (Å²) in [5, 5.41) is 0. The minimum atomic E-state index is -0.0360. The fourth-order valence-corrected chi connectivity index (χ4v) is 2.21. The minimum Gasteiger partial charge on any atom is -0.487 e. The zero-order valence-electron chi connectivity index (χ0n) is 12.5. The average Bonchev–Trinajstić information content (AvgIpc) is 2.84. The molecule has 1 aromatic heterocycles. The van der Waals surface area contributed by atoms with Gasteiger partial charge in [0.25, 0.3) is 0 Å². The summed E-state index contributed by atoms with van der Waals surface area (Å²) in [6.45, 7) is 7.66. The van der Waals surface area contributed by atoms with Gasteiger partial charge in [0.15, 0.2) is 0 Å². The van der Waals surface area contributed by atoms with Gasteiger partial charge in [-0.25, -0.2) is 4.98 Å². The first-order chi connectivity index (χ1) is 9.61. The predicted octanol–water partition coefficient (Wildman–Crippen LogP) is 3.20. The number of imidazole rings is 1. The van der Waals surface area contributed by atoms with Crippen molar-refractivity contribution in [2.75, 3.05) is 0 Å². The van der Waals surface area contributed by atoms with Crippen LogP contribution < -0.4 is 10.5 Å². The Kier molecular flexibility index (Phi) is 4.79. The van der Waals surface area contributed by atoms with Gasteiger partial charge in [0, 0.05) is 18.2 Å². The van der Waals surface area contributed by atoms with Gasteiger partial charge in [-0.15, -0.1) is 0 Å². The topological polar surface area (TPSA) is 53.1 Å². The number of aromatic nitrogens is 2. The molecule has 0 aliphatic carbocycles. The Bertz CT molecular complexity index is 561. The van der Waals surface area contributed by atoms with Gasteiger partial charge in [-0.2, -0.15) is 0 Å². The Hall–Kier alpha value is -1.81. The highest BCUT2D eigenvalue weighted by atomic mass is 16.5. The van der Waals surface area contributed by atoms with Crippen LogP contribution in [0, 0.1) is 6.92 Å². The molecule has 0 fully saturated rings. The van der Waals surface area contributed by atoms with Crippen LogP contribution in [0.4, 0.5) is 0 Å². The third kappa shape index (κ3) is 3.39. The van der Waals surface area contributed by atoms with Crippen molar-refractivity contribution in [3.05, 3.63) is 47.5 Å². The molecule has 20 heavy (non-hydrogen) atoms. The van der Waals surface area contributed by atoms with E-state index in [2.05, 4.69) is 29.5 Å². The molecule has 2 N–H and O–H groups in total. The van der Waals surface area contributed by atoms with Crippen LogP contribution >= 0.6 is 0 Å². The lowest BCUT2D eigenvalue weighted by Gasteiger charge is -2.15. The first-order valence-electron chi connectivity index (χ1n) is 7.09. The van der Waals surface area contributed by atoms with E-state index in [1.807, 2.05) is 31.6 Å². The lowest BCUT2D eigenvalue weighted by Crippen LogP contribution is -2.10. The van der Waals surface area contributed by atoms with E-state index < -0.39 is 0 Å². The molecule has 1 heterocycles. The third-order valence-electron chi connectivity index (χ3n) is 3.30. The molecule has 0 aliphatic rings. The molecule has 0 amide bonds. The van der Waals surface area contributed by atoms with Gasteiger partial charge in [0.2, 0.25) is 0 Å². The number of ether oxygens (including phenoxy) is 1. The number of rotatable bonds is 6. The van der Waals surface area contributed by atoms with Crippen LogP contribution in [0.15, 0.2) is 30.7 Å². The maximum absolute atomic E-state index is 5.99. The quantitative estimate of drug-likeness (QED) is 0.879. The number of hydrogen-bond acceptors (Lipinski definition) is 3. The summed E-state index contributed by atoms with van der Waals surface area (Å²) in [4.78, 5) is 4.19. The summed E-state index contributed by atoms with van der Waals surface area (Å²) in [5.41, 5.74) is 9.29. The molecule has 0 aliphatic heterocycles. The molecule has 1 aromatic carbocycles. The van der Waals surface area contributed by atoms with E-state index in [0.29, 0.717) is 6.61 Å². The van der Waals surface area contributed by atoms with Crippen LogP contribution in [0.1, 0.15) is 43.1 Å². The molecule has 2 rings (SSSR count). The van der Waals surface area contributed by atoms with Gasteiger partial charge in [0.05, 0.1) is 18.2 Å². The van der Waals surface area contributed by atoms with E-state index in [1.54, 1.807) is 0 Å². The molecule has 1 atom stereocenters. The van der Waals surface area contributed by atoms with Crippen LogP contribution in [0.25, 0.3) is 0 Å². The van der Waals surface area contributed by atoms with Crippen LogP contribution in [-0.4, -0.2) is 9.55 Å². The zero-order chi connectivity index (χ0) is 14.5. The first-order valence-corrected chi connectivity index (χ1v) is 7.09. The number of benzene rings is 1. The Morgan fingerprint density at radius 3 is 2.90 bits per heavy atom. The molecule has 4 nitrogen and oxygen atoms in total. The molecule has 2 aromatic rings. The summed E-state index contributed by atoms with van der Waals surface area (Å²) >= 11 is 0. The fraction of sp³-hybridized carbons (Fsp3) is 0.438. The van der Waals surface area contributed by atoms with Crippen molar-refractivity contribution in [3.63, 3.8) is 0 Å². The van der Waals surface area contributed by atoms with Gasteiger partial charge in [-0.3, -0.25) is 0 Å². The van der Waals surface area contributed by atoms with Gasteiger partial charge in [-0.05, 0) is 31.9 Å². The lowest BCUT2D eigenvalue weighted by molar-refractivity contribution is 0.290. The standard InChI is InChI=1S/C16H23N3O/c1-4-7-19-11-18-9-14(19)10-20-16-8-12(2)5-6-15(16)13(3)17/h5-6,8-9,11,13H,4,7,10,17H2,1-3H3/t13-/m0/s1. The van der Waals surface area contributed by atoms with Gasteiger partial charge in [0.1, 0.15) is 12.4 Å². The number of aryl methyl sites for hydroxylation is 2. The van der Waals surface area contributed by atoms with Crippen molar-refractivity contribution in [3.8, 4) is 5.75 Å². The van der Waals surface area contributed by atoms with E-state index in [0.717, 1.165) is 30.0 Å². The smallest absolute Gasteiger partial charge is 0.130 e. The molecule has 0 radical (unpaired) electrons. The first kappa shape index (κ1) is 14.6. The van der Waals surface area contributed by atoms with Crippen molar-refractivity contribution >= 4 is 0 Å². The second kappa shape index (κ2) is 6.57. The summed E-state index contributed by atoms with van der Waals surface area (Å²) in [6, 6.07) is 6.11. The Morgan fingerprint density at radius 1 is 1.40 bits per heavy atom. The maximum Gasteiger partial charge on any atom is 0.130 e. The zero-order valence-corrected chi connectivity index (χ0v) is 12.5. The van der Waals surface area contributed by atoms with Gasteiger partial charge >= 0.3 is 0 Å². The Labute approximate surface area is 120 Å². The second-order valence-corrected chi connectivity index (χ2v) is 5.20.